The summed E-state index contributed by atoms with van der Waals surface area (Å²) in [5.41, 5.74) is 2.63. The van der Waals surface area contributed by atoms with Crippen LogP contribution in [0.15, 0.2) is 53.2 Å². The molecule has 24 heavy (non-hydrogen) atoms. The van der Waals surface area contributed by atoms with Crippen LogP contribution in [0.1, 0.15) is 47.8 Å². The van der Waals surface area contributed by atoms with Crippen LogP contribution in [-0.4, -0.2) is 26.2 Å². The lowest BCUT2D eigenvalue weighted by molar-refractivity contribution is 0.154. The molecule has 1 saturated carbocycles. The summed E-state index contributed by atoms with van der Waals surface area (Å²) in [5, 5.41) is 4.16. The van der Waals surface area contributed by atoms with Gasteiger partial charge in [-0.05, 0) is 30.5 Å². The molecule has 122 valence electrons. The van der Waals surface area contributed by atoms with Crippen molar-refractivity contribution < 1.29 is 4.52 Å². The van der Waals surface area contributed by atoms with E-state index in [1.807, 2.05) is 0 Å². The standard InChI is InChI=1S/C19H20N4O/c1-2-5-14(6-3-1)18-16-7-4-10-22(16)11-12-23(18)13-17-20-19(21-24-17)15-8-9-15/h1-7,10,15,18H,8-9,11-13H2. The van der Waals surface area contributed by atoms with Crippen molar-refractivity contribution in [3.8, 4) is 0 Å². The first-order valence-corrected chi connectivity index (χ1v) is 8.65. The zero-order valence-electron chi connectivity index (χ0n) is 13.5. The molecule has 0 N–H and O–H groups in total. The van der Waals surface area contributed by atoms with Gasteiger partial charge in [0.1, 0.15) is 0 Å². The summed E-state index contributed by atoms with van der Waals surface area (Å²) < 4.78 is 7.86. The average molecular weight is 320 g/mol. The van der Waals surface area contributed by atoms with Gasteiger partial charge in [0.05, 0.1) is 12.6 Å². The number of hydrogen-bond donors (Lipinski definition) is 0. The van der Waals surface area contributed by atoms with Gasteiger partial charge in [0.25, 0.3) is 0 Å². The van der Waals surface area contributed by atoms with Crippen LogP contribution in [0.5, 0.6) is 0 Å². The monoisotopic (exact) mass is 320 g/mol. The summed E-state index contributed by atoms with van der Waals surface area (Å²) in [5.74, 6) is 2.16. The van der Waals surface area contributed by atoms with Crippen molar-refractivity contribution in [3.63, 3.8) is 0 Å². The van der Waals surface area contributed by atoms with Gasteiger partial charge in [-0.15, -0.1) is 0 Å². The molecule has 2 aliphatic rings. The Balaban J connectivity index is 1.47. The van der Waals surface area contributed by atoms with Gasteiger partial charge in [0.15, 0.2) is 5.82 Å². The van der Waals surface area contributed by atoms with Crippen molar-refractivity contribution in [2.75, 3.05) is 6.54 Å². The van der Waals surface area contributed by atoms with Crippen molar-refractivity contribution in [3.05, 3.63) is 71.6 Å². The van der Waals surface area contributed by atoms with Gasteiger partial charge in [0, 0.05) is 30.9 Å². The van der Waals surface area contributed by atoms with Crippen molar-refractivity contribution >= 4 is 0 Å². The SMILES string of the molecule is c1ccc(C2c3cccn3CCN2Cc2nc(C3CC3)no2)cc1. The minimum atomic E-state index is 0.228. The quantitative estimate of drug-likeness (QED) is 0.739. The molecule has 0 spiro atoms. The molecular formula is C19H20N4O. The van der Waals surface area contributed by atoms with Crippen LogP contribution in [0.4, 0.5) is 0 Å². The minimum absolute atomic E-state index is 0.228. The Hall–Kier alpha value is -2.40. The van der Waals surface area contributed by atoms with Gasteiger partial charge >= 0.3 is 0 Å². The Morgan fingerprint density at radius 1 is 1.04 bits per heavy atom. The summed E-state index contributed by atoms with van der Waals surface area (Å²) in [6.45, 7) is 2.67. The number of rotatable bonds is 4. The Morgan fingerprint density at radius 2 is 1.92 bits per heavy atom. The molecule has 0 saturated heterocycles. The van der Waals surface area contributed by atoms with Crippen molar-refractivity contribution in [1.29, 1.82) is 0 Å². The summed E-state index contributed by atoms with van der Waals surface area (Å²) in [6.07, 6.45) is 4.56. The van der Waals surface area contributed by atoms with Crippen molar-refractivity contribution in [2.45, 2.75) is 37.9 Å². The van der Waals surface area contributed by atoms with E-state index in [1.165, 1.54) is 24.1 Å². The highest BCUT2D eigenvalue weighted by atomic mass is 16.5. The van der Waals surface area contributed by atoms with E-state index < -0.39 is 0 Å². The molecule has 1 aromatic carbocycles. The molecule has 5 nitrogen and oxygen atoms in total. The van der Waals surface area contributed by atoms with E-state index in [2.05, 4.69) is 68.3 Å². The van der Waals surface area contributed by atoms with Crippen molar-refractivity contribution in [2.24, 2.45) is 0 Å². The molecule has 1 aliphatic carbocycles. The Morgan fingerprint density at radius 3 is 2.75 bits per heavy atom. The van der Waals surface area contributed by atoms with Gasteiger partial charge in [-0.3, -0.25) is 4.90 Å². The fraction of sp³-hybridized carbons (Fsp3) is 0.368. The molecule has 0 amide bonds. The maximum atomic E-state index is 5.51. The largest absolute Gasteiger partial charge is 0.348 e. The predicted octanol–water partition coefficient (Wildman–Crippen LogP) is 3.35. The number of hydrogen-bond acceptors (Lipinski definition) is 4. The van der Waals surface area contributed by atoms with Crippen LogP contribution in [0.25, 0.3) is 0 Å². The number of aromatic nitrogens is 3. The van der Waals surface area contributed by atoms with E-state index in [0.717, 1.165) is 24.8 Å². The molecule has 3 aromatic rings. The normalized spacial score (nSPS) is 20.9. The first-order chi connectivity index (χ1) is 11.9. The molecular weight excluding hydrogens is 300 g/mol. The topological polar surface area (TPSA) is 47.1 Å². The number of nitrogens with zero attached hydrogens (tertiary/aromatic N) is 4. The maximum absolute atomic E-state index is 5.51. The molecule has 0 radical (unpaired) electrons. The molecule has 1 aliphatic heterocycles. The van der Waals surface area contributed by atoms with Crippen LogP contribution in [0.2, 0.25) is 0 Å². The van der Waals surface area contributed by atoms with Gasteiger partial charge in [-0.25, -0.2) is 0 Å². The smallest absolute Gasteiger partial charge is 0.240 e. The molecule has 0 bridgehead atoms. The third kappa shape index (κ3) is 2.45. The van der Waals surface area contributed by atoms with E-state index in [4.69, 9.17) is 4.52 Å². The molecule has 1 unspecified atom stereocenters. The zero-order chi connectivity index (χ0) is 15.9. The summed E-state index contributed by atoms with van der Waals surface area (Å²) in [6, 6.07) is 15.2. The van der Waals surface area contributed by atoms with E-state index in [0.29, 0.717) is 12.5 Å². The average Bonchev–Trinajstić information content (AvgIpc) is 3.17. The summed E-state index contributed by atoms with van der Waals surface area (Å²) in [7, 11) is 0. The number of fused-ring (bicyclic) bond motifs is 1. The first-order valence-electron chi connectivity index (χ1n) is 8.65. The fourth-order valence-electron chi connectivity index (χ4n) is 3.63. The highest BCUT2D eigenvalue weighted by Crippen LogP contribution is 2.38. The second-order valence-electron chi connectivity index (χ2n) is 6.73. The second kappa shape index (κ2) is 5.60. The Kier molecular flexibility index (Phi) is 3.26. The molecule has 1 atom stereocenters. The molecule has 1 fully saturated rings. The van der Waals surface area contributed by atoms with E-state index in [-0.39, 0.29) is 6.04 Å². The van der Waals surface area contributed by atoms with E-state index in [1.54, 1.807) is 0 Å². The molecule has 5 heteroatoms. The fourth-order valence-corrected chi connectivity index (χ4v) is 3.63. The Labute approximate surface area is 140 Å². The summed E-state index contributed by atoms with van der Waals surface area (Å²) >= 11 is 0. The first kappa shape index (κ1) is 14.0. The molecule has 2 aromatic heterocycles. The van der Waals surface area contributed by atoms with Gasteiger partial charge < -0.3 is 9.09 Å². The highest BCUT2D eigenvalue weighted by molar-refractivity contribution is 5.30. The highest BCUT2D eigenvalue weighted by Gasteiger charge is 2.32. The van der Waals surface area contributed by atoms with Crippen LogP contribution < -0.4 is 0 Å². The van der Waals surface area contributed by atoms with Gasteiger partial charge in [-0.2, -0.15) is 4.98 Å². The second-order valence-corrected chi connectivity index (χ2v) is 6.73. The van der Waals surface area contributed by atoms with E-state index in [9.17, 15) is 0 Å². The lowest BCUT2D eigenvalue weighted by Gasteiger charge is -2.36. The zero-order valence-corrected chi connectivity index (χ0v) is 13.5. The van der Waals surface area contributed by atoms with Crippen LogP contribution in [0.3, 0.4) is 0 Å². The third-order valence-electron chi connectivity index (χ3n) is 5.02. The van der Waals surface area contributed by atoms with Crippen LogP contribution in [0, 0.1) is 0 Å². The number of benzene rings is 1. The maximum Gasteiger partial charge on any atom is 0.240 e. The summed E-state index contributed by atoms with van der Waals surface area (Å²) in [4.78, 5) is 7.05. The molecule has 5 rings (SSSR count). The van der Waals surface area contributed by atoms with Crippen LogP contribution >= 0.6 is 0 Å². The van der Waals surface area contributed by atoms with Gasteiger partial charge in [-0.1, -0.05) is 35.5 Å². The minimum Gasteiger partial charge on any atom is -0.348 e. The lowest BCUT2D eigenvalue weighted by Crippen LogP contribution is -2.38. The van der Waals surface area contributed by atoms with Gasteiger partial charge in [0.2, 0.25) is 5.89 Å². The lowest BCUT2D eigenvalue weighted by atomic mass is 10.00. The van der Waals surface area contributed by atoms with E-state index >= 15 is 0 Å². The van der Waals surface area contributed by atoms with Crippen LogP contribution in [-0.2, 0) is 13.1 Å². The Bertz CT molecular complexity index is 834. The third-order valence-corrected chi connectivity index (χ3v) is 5.02. The van der Waals surface area contributed by atoms with Crippen molar-refractivity contribution in [1.82, 2.24) is 19.6 Å². The predicted molar refractivity (Wildman–Crippen MR) is 89.4 cm³/mol. The molecule has 3 heterocycles.